The molecule has 1 atom stereocenters. The lowest BCUT2D eigenvalue weighted by Crippen LogP contribution is -2.35. The van der Waals surface area contributed by atoms with Crippen LogP contribution in [-0.4, -0.2) is 34.1 Å². The number of carbonyl (C=O) groups excluding carboxylic acids is 2. The predicted molar refractivity (Wildman–Crippen MR) is 104 cm³/mol. The van der Waals surface area contributed by atoms with Crippen molar-refractivity contribution in [2.24, 2.45) is 4.99 Å². The predicted octanol–water partition coefficient (Wildman–Crippen LogP) is 2.77. The number of nitrogens with one attached hydrogen (secondary N) is 1. The summed E-state index contributed by atoms with van der Waals surface area (Å²) in [6, 6.07) is 9.37. The molecule has 0 bridgehead atoms. The van der Waals surface area contributed by atoms with Gasteiger partial charge in [0.05, 0.1) is 24.7 Å². The second kappa shape index (κ2) is 8.29. The van der Waals surface area contributed by atoms with Crippen LogP contribution in [0.4, 0.5) is 4.39 Å². The Bertz CT molecular complexity index is 928. The van der Waals surface area contributed by atoms with Gasteiger partial charge >= 0.3 is 0 Å². The molecule has 3 rings (SSSR count). The summed E-state index contributed by atoms with van der Waals surface area (Å²) in [4.78, 5) is 34.1. The molecule has 2 amide bonds. The fourth-order valence-corrected chi connectivity index (χ4v) is 3.30. The van der Waals surface area contributed by atoms with Crippen LogP contribution in [0.3, 0.4) is 0 Å². The molecule has 1 aliphatic heterocycles. The van der Waals surface area contributed by atoms with Crippen molar-refractivity contribution in [2.45, 2.75) is 39.8 Å². The van der Waals surface area contributed by atoms with Crippen LogP contribution in [-0.2, 0) is 22.6 Å². The summed E-state index contributed by atoms with van der Waals surface area (Å²) in [5.41, 5.74) is 1.94. The third kappa shape index (κ3) is 3.93. The van der Waals surface area contributed by atoms with Gasteiger partial charge in [0.25, 0.3) is 0 Å². The zero-order chi connectivity index (χ0) is 20.3. The number of fused-ring (bicyclic) bond motifs is 1. The smallest absolute Gasteiger partial charge is 0.226 e. The summed E-state index contributed by atoms with van der Waals surface area (Å²) in [7, 11) is 0. The second-order valence-corrected chi connectivity index (χ2v) is 6.69. The molecule has 0 spiro atoms. The Labute approximate surface area is 163 Å². The van der Waals surface area contributed by atoms with Gasteiger partial charge in [-0.15, -0.1) is 0 Å². The van der Waals surface area contributed by atoms with E-state index in [2.05, 4.69) is 15.3 Å². The van der Waals surface area contributed by atoms with Crippen molar-refractivity contribution >= 4 is 17.6 Å². The average molecular weight is 382 g/mol. The van der Waals surface area contributed by atoms with Gasteiger partial charge in [-0.1, -0.05) is 30.3 Å². The van der Waals surface area contributed by atoms with Gasteiger partial charge in [0.1, 0.15) is 5.84 Å². The minimum Gasteiger partial charge on any atom is -0.349 e. The third-order valence-corrected chi connectivity index (χ3v) is 4.78. The van der Waals surface area contributed by atoms with Crippen LogP contribution >= 0.6 is 0 Å². The minimum atomic E-state index is -0.529. The van der Waals surface area contributed by atoms with Crippen LogP contribution in [0.15, 0.2) is 41.5 Å². The van der Waals surface area contributed by atoms with Gasteiger partial charge in [0, 0.05) is 30.8 Å². The van der Waals surface area contributed by atoms with Crippen LogP contribution in [0, 0.1) is 5.82 Å². The van der Waals surface area contributed by atoms with Crippen LogP contribution in [0.25, 0.3) is 0 Å². The van der Waals surface area contributed by atoms with E-state index in [1.807, 2.05) is 44.2 Å². The molecule has 28 heavy (non-hydrogen) atoms. The van der Waals surface area contributed by atoms with Crippen LogP contribution in [0.1, 0.15) is 49.2 Å². The number of carbonyl (C=O) groups is 2. The molecule has 0 unspecified atom stereocenters. The van der Waals surface area contributed by atoms with Crippen LogP contribution < -0.4 is 5.32 Å². The first-order chi connectivity index (χ1) is 13.4. The molecule has 1 N–H and O–H groups in total. The Kier molecular flexibility index (Phi) is 5.82. The molecule has 1 aliphatic rings. The molecule has 2 aromatic rings. The maximum Gasteiger partial charge on any atom is 0.226 e. The van der Waals surface area contributed by atoms with Gasteiger partial charge in [-0.2, -0.15) is 0 Å². The SMILES string of the molecule is CCN(C(C)=O)C1=NCc2c1cnc(CC(=O)N[C@H](C)c1ccccc1)c2F. The first-order valence-corrected chi connectivity index (χ1v) is 9.25. The first kappa shape index (κ1) is 19.7. The summed E-state index contributed by atoms with van der Waals surface area (Å²) in [5, 5.41) is 2.86. The van der Waals surface area contributed by atoms with Gasteiger partial charge in [0.15, 0.2) is 5.82 Å². The lowest BCUT2D eigenvalue weighted by molar-refractivity contribution is -0.125. The molecule has 0 saturated heterocycles. The highest BCUT2D eigenvalue weighted by molar-refractivity contribution is 6.09. The molecule has 6 nitrogen and oxygen atoms in total. The van der Waals surface area contributed by atoms with Crippen molar-refractivity contribution in [3.8, 4) is 0 Å². The Morgan fingerprint density at radius 3 is 2.64 bits per heavy atom. The molecule has 0 fully saturated rings. The maximum absolute atomic E-state index is 14.9. The van der Waals surface area contributed by atoms with Crippen LogP contribution in [0.5, 0.6) is 0 Å². The molecule has 2 heterocycles. The molecule has 7 heteroatoms. The van der Waals surface area contributed by atoms with E-state index < -0.39 is 5.82 Å². The first-order valence-electron chi connectivity index (χ1n) is 9.25. The number of halogens is 1. The van der Waals surface area contributed by atoms with E-state index >= 15 is 0 Å². The van der Waals surface area contributed by atoms with E-state index in [9.17, 15) is 14.0 Å². The summed E-state index contributed by atoms with van der Waals surface area (Å²) >= 11 is 0. The zero-order valence-corrected chi connectivity index (χ0v) is 16.2. The number of benzene rings is 1. The maximum atomic E-state index is 14.9. The lowest BCUT2D eigenvalue weighted by atomic mass is 10.1. The van der Waals surface area contributed by atoms with Crippen molar-refractivity contribution in [2.75, 3.05) is 6.54 Å². The fourth-order valence-electron chi connectivity index (χ4n) is 3.30. The van der Waals surface area contributed by atoms with Crippen molar-refractivity contribution < 1.29 is 14.0 Å². The largest absolute Gasteiger partial charge is 0.349 e. The van der Waals surface area contributed by atoms with Crippen molar-refractivity contribution in [3.05, 3.63) is 64.7 Å². The summed E-state index contributed by atoms with van der Waals surface area (Å²) in [6.07, 6.45) is 1.34. The van der Waals surface area contributed by atoms with E-state index in [1.54, 1.807) is 0 Å². The number of pyridine rings is 1. The summed E-state index contributed by atoms with van der Waals surface area (Å²) in [5.74, 6) is -0.558. The van der Waals surface area contributed by atoms with E-state index in [0.717, 1.165) is 5.56 Å². The summed E-state index contributed by atoms with van der Waals surface area (Å²) in [6.45, 7) is 5.73. The zero-order valence-electron chi connectivity index (χ0n) is 16.2. The molecule has 1 aromatic heterocycles. The number of aromatic nitrogens is 1. The standard InChI is InChI=1S/C21H23FN4O2/c1-4-26(14(3)27)21-17-12-23-18(20(22)16(17)11-24-21)10-19(28)25-13(2)15-8-6-5-7-9-15/h5-9,12-13H,4,10-11H2,1-3H3,(H,25,28)/t13-/m1/s1. The van der Waals surface area contributed by atoms with Gasteiger partial charge in [0.2, 0.25) is 11.8 Å². The number of aliphatic imine (C=N–C) groups is 1. The minimum absolute atomic E-state index is 0.0823. The molecule has 1 aromatic carbocycles. The third-order valence-electron chi connectivity index (χ3n) is 4.78. The number of hydrogen-bond acceptors (Lipinski definition) is 4. The molecule has 146 valence electrons. The molecular formula is C21H23FN4O2. The van der Waals surface area contributed by atoms with Gasteiger partial charge in [-0.3, -0.25) is 24.5 Å². The van der Waals surface area contributed by atoms with E-state index in [-0.39, 0.29) is 36.5 Å². The lowest BCUT2D eigenvalue weighted by Gasteiger charge is -2.19. The van der Waals surface area contributed by atoms with E-state index in [0.29, 0.717) is 23.5 Å². The number of rotatable bonds is 5. The quantitative estimate of drug-likeness (QED) is 0.864. The highest BCUT2D eigenvalue weighted by Crippen LogP contribution is 2.25. The van der Waals surface area contributed by atoms with Gasteiger partial charge < -0.3 is 5.32 Å². The van der Waals surface area contributed by atoms with Crippen molar-refractivity contribution in [1.82, 2.24) is 15.2 Å². The fraction of sp³-hybridized carbons (Fsp3) is 0.333. The van der Waals surface area contributed by atoms with Gasteiger partial charge in [-0.05, 0) is 19.4 Å². The topological polar surface area (TPSA) is 74.7 Å². The monoisotopic (exact) mass is 382 g/mol. The van der Waals surface area contributed by atoms with Gasteiger partial charge in [-0.25, -0.2) is 4.39 Å². The Balaban J connectivity index is 1.74. The average Bonchev–Trinajstić information content (AvgIpc) is 3.09. The number of amidine groups is 1. The van der Waals surface area contributed by atoms with E-state index in [4.69, 9.17) is 0 Å². The molecule has 0 saturated carbocycles. The number of amides is 2. The highest BCUT2D eigenvalue weighted by atomic mass is 19.1. The van der Waals surface area contributed by atoms with Crippen LogP contribution in [0.2, 0.25) is 0 Å². The normalized spacial score (nSPS) is 13.5. The molecule has 0 radical (unpaired) electrons. The number of nitrogens with zero attached hydrogens (tertiary/aromatic N) is 3. The molecular weight excluding hydrogens is 359 g/mol. The summed E-state index contributed by atoms with van der Waals surface area (Å²) < 4.78 is 14.9. The van der Waals surface area contributed by atoms with E-state index in [1.165, 1.54) is 18.0 Å². The molecule has 0 aliphatic carbocycles. The van der Waals surface area contributed by atoms with Crippen molar-refractivity contribution in [1.29, 1.82) is 0 Å². The highest BCUT2D eigenvalue weighted by Gasteiger charge is 2.28. The Morgan fingerprint density at radius 2 is 2.00 bits per heavy atom. The van der Waals surface area contributed by atoms with Crippen molar-refractivity contribution in [3.63, 3.8) is 0 Å². The Hall–Kier alpha value is -3.09. The number of hydrogen-bond donors (Lipinski definition) is 1. The Morgan fingerprint density at radius 1 is 1.29 bits per heavy atom. The second-order valence-electron chi connectivity index (χ2n) is 6.69.